The van der Waals surface area contributed by atoms with Crippen LogP contribution < -0.4 is 10.6 Å². The molecule has 2 fully saturated rings. The molecule has 0 spiro atoms. The average Bonchev–Trinajstić information content (AvgIpc) is 2.57. The number of piperidine rings is 2. The number of hydrogen-bond acceptors (Lipinski definition) is 4. The Morgan fingerprint density at radius 1 is 0.739 bits per heavy atom. The highest BCUT2D eigenvalue weighted by atomic mass is 15.1. The second-order valence-electron chi connectivity index (χ2n) is 7.66. The summed E-state index contributed by atoms with van der Waals surface area (Å²) >= 11 is 0. The Morgan fingerprint density at radius 3 is 2.00 bits per heavy atom. The van der Waals surface area contributed by atoms with Gasteiger partial charge < -0.3 is 20.4 Å². The van der Waals surface area contributed by atoms with Crippen molar-refractivity contribution in [1.82, 2.24) is 20.4 Å². The summed E-state index contributed by atoms with van der Waals surface area (Å²) in [6.45, 7) is 14.8. The minimum atomic E-state index is 0.908. The molecule has 2 N–H and O–H groups in total. The van der Waals surface area contributed by atoms with Crippen LogP contribution in [0.25, 0.3) is 0 Å². The van der Waals surface area contributed by atoms with Crippen LogP contribution in [0.4, 0.5) is 0 Å². The van der Waals surface area contributed by atoms with E-state index in [1.807, 2.05) is 0 Å². The molecule has 0 aromatic heterocycles. The van der Waals surface area contributed by atoms with Crippen LogP contribution in [0.2, 0.25) is 0 Å². The van der Waals surface area contributed by atoms with Crippen molar-refractivity contribution in [2.24, 2.45) is 5.92 Å². The standard InChI is InChI=1S/C19H40N4/c1-19-8-5-15-23(18-19)17-7-10-21-12-11-20-9-6-16-22-13-3-2-4-14-22/h19-21H,2-18H2,1H3. The van der Waals surface area contributed by atoms with Gasteiger partial charge in [-0.05, 0) is 90.3 Å². The molecule has 0 bridgehead atoms. The van der Waals surface area contributed by atoms with E-state index in [2.05, 4.69) is 27.4 Å². The number of nitrogens with zero attached hydrogens (tertiary/aromatic N) is 2. The predicted octanol–water partition coefficient (Wildman–Crippen LogP) is 2.16. The zero-order valence-corrected chi connectivity index (χ0v) is 15.5. The van der Waals surface area contributed by atoms with E-state index in [4.69, 9.17) is 0 Å². The molecule has 0 amide bonds. The van der Waals surface area contributed by atoms with E-state index in [1.165, 1.54) is 97.3 Å². The minimum Gasteiger partial charge on any atom is -0.315 e. The van der Waals surface area contributed by atoms with Crippen molar-refractivity contribution in [1.29, 1.82) is 0 Å². The number of likely N-dealkylation sites (tertiary alicyclic amines) is 2. The Balaban J connectivity index is 1.30. The van der Waals surface area contributed by atoms with E-state index in [1.54, 1.807) is 0 Å². The molecular weight excluding hydrogens is 284 g/mol. The maximum absolute atomic E-state index is 3.58. The quantitative estimate of drug-likeness (QED) is 0.570. The van der Waals surface area contributed by atoms with Crippen LogP contribution in [0.5, 0.6) is 0 Å². The molecule has 2 aliphatic heterocycles. The van der Waals surface area contributed by atoms with Crippen molar-refractivity contribution in [2.45, 2.75) is 51.9 Å². The highest BCUT2D eigenvalue weighted by molar-refractivity contribution is 4.70. The normalized spacial score (nSPS) is 24.1. The third-order valence-electron chi connectivity index (χ3n) is 5.32. The summed E-state index contributed by atoms with van der Waals surface area (Å²) in [6, 6.07) is 0. The minimum absolute atomic E-state index is 0.908. The first-order chi connectivity index (χ1) is 11.3. The SMILES string of the molecule is CC1CCCN(CCCNCCNCCCN2CCCCC2)C1. The monoisotopic (exact) mass is 324 g/mol. The molecular formula is C19H40N4. The van der Waals surface area contributed by atoms with Crippen LogP contribution in [0.15, 0.2) is 0 Å². The Labute approximate surface area is 144 Å². The van der Waals surface area contributed by atoms with Crippen molar-refractivity contribution in [3.05, 3.63) is 0 Å². The molecule has 0 aromatic rings. The van der Waals surface area contributed by atoms with Gasteiger partial charge in [0.25, 0.3) is 0 Å². The van der Waals surface area contributed by atoms with Gasteiger partial charge in [-0.2, -0.15) is 0 Å². The molecule has 0 saturated carbocycles. The van der Waals surface area contributed by atoms with Crippen molar-refractivity contribution in [3.8, 4) is 0 Å². The molecule has 1 atom stereocenters. The van der Waals surface area contributed by atoms with E-state index >= 15 is 0 Å². The van der Waals surface area contributed by atoms with Gasteiger partial charge in [0.15, 0.2) is 0 Å². The largest absolute Gasteiger partial charge is 0.315 e. The summed E-state index contributed by atoms with van der Waals surface area (Å²) < 4.78 is 0. The third-order valence-corrected chi connectivity index (χ3v) is 5.32. The highest BCUT2D eigenvalue weighted by Crippen LogP contribution is 2.15. The first-order valence-corrected chi connectivity index (χ1v) is 10.2. The summed E-state index contributed by atoms with van der Waals surface area (Å²) in [5.41, 5.74) is 0. The van der Waals surface area contributed by atoms with Crippen LogP contribution >= 0.6 is 0 Å². The van der Waals surface area contributed by atoms with Gasteiger partial charge in [-0.25, -0.2) is 0 Å². The van der Waals surface area contributed by atoms with Crippen molar-refractivity contribution in [3.63, 3.8) is 0 Å². The van der Waals surface area contributed by atoms with Gasteiger partial charge in [0.05, 0.1) is 0 Å². The Bertz CT molecular complexity index is 279. The van der Waals surface area contributed by atoms with E-state index in [0.29, 0.717) is 0 Å². The average molecular weight is 325 g/mol. The lowest BCUT2D eigenvalue weighted by Crippen LogP contribution is -2.36. The van der Waals surface area contributed by atoms with E-state index in [0.717, 1.165) is 19.0 Å². The zero-order chi connectivity index (χ0) is 16.2. The smallest absolute Gasteiger partial charge is 0.00767 e. The summed E-state index contributed by atoms with van der Waals surface area (Å²) in [4.78, 5) is 5.28. The third kappa shape index (κ3) is 9.04. The summed E-state index contributed by atoms with van der Waals surface area (Å²) in [5.74, 6) is 0.908. The number of rotatable bonds is 11. The van der Waals surface area contributed by atoms with Gasteiger partial charge >= 0.3 is 0 Å². The van der Waals surface area contributed by atoms with Crippen LogP contribution in [0.3, 0.4) is 0 Å². The number of hydrogen-bond donors (Lipinski definition) is 2. The van der Waals surface area contributed by atoms with Gasteiger partial charge in [0.2, 0.25) is 0 Å². The first kappa shape index (κ1) is 19.2. The maximum atomic E-state index is 3.58. The summed E-state index contributed by atoms with van der Waals surface area (Å²) in [6.07, 6.45) is 9.68. The lowest BCUT2D eigenvalue weighted by Gasteiger charge is -2.30. The van der Waals surface area contributed by atoms with E-state index in [9.17, 15) is 0 Å². The summed E-state index contributed by atoms with van der Waals surface area (Å²) in [5, 5.41) is 7.15. The fourth-order valence-electron chi connectivity index (χ4n) is 3.95. The van der Waals surface area contributed by atoms with Crippen molar-refractivity contribution in [2.75, 3.05) is 65.4 Å². The lowest BCUT2D eigenvalue weighted by atomic mass is 10.0. The van der Waals surface area contributed by atoms with Crippen LogP contribution in [0.1, 0.15) is 51.9 Å². The second-order valence-corrected chi connectivity index (χ2v) is 7.66. The van der Waals surface area contributed by atoms with Crippen LogP contribution in [0, 0.1) is 5.92 Å². The molecule has 2 heterocycles. The van der Waals surface area contributed by atoms with Crippen molar-refractivity contribution < 1.29 is 0 Å². The molecule has 0 aromatic carbocycles. The highest BCUT2D eigenvalue weighted by Gasteiger charge is 2.15. The molecule has 4 nitrogen and oxygen atoms in total. The molecule has 0 aliphatic carbocycles. The second kappa shape index (κ2) is 12.2. The molecule has 1 unspecified atom stereocenters. The van der Waals surface area contributed by atoms with Gasteiger partial charge in [-0.15, -0.1) is 0 Å². The molecule has 2 aliphatic rings. The van der Waals surface area contributed by atoms with Gasteiger partial charge in [0.1, 0.15) is 0 Å². The Morgan fingerprint density at radius 2 is 1.35 bits per heavy atom. The molecule has 2 saturated heterocycles. The van der Waals surface area contributed by atoms with Crippen LogP contribution in [-0.2, 0) is 0 Å². The van der Waals surface area contributed by atoms with Gasteiger partial charge in [-0.1, -0.05) is 13.3 Å². The maximum Gasteiger partial charge on any atom is 0.00767 e. The van der Waals surface area contributed by atoms with E-state index in [-0.39, 0.29) is 0 Å². The van der Waals surface area contributed by atoms with Crippen molar-refractivity contribution >= 4 is 0 Å². The van der Waals surface area contributed by atoms with Crippen LogP contribution in [-0.4, -0.2) is 75.2 Å². The molecule has 136 valence electrons. The topological polar surface area (TPSA) is 30.5 Å². The fourth-order valence-corrected chi connectivity index (χ4v) is 3.95. The fraction of sp³-hybridized carbons (Fsp3) is 1.00. The molecule has 2 rings (SSSR count). The Hall–Kier alpha value is -0.160. The van der Waals surface area contributed by atoms with Gasteiger partial charge in [-0.3, -0.25) is 0 Å². The lowest BCUT2D eigenvalue weighted by molar-refractivity contribution is 0.182. The Kier molecular flexibility index (Phi) is 10.2. The zero-order valence-electron chi connectivity index (χ0n) is 15.5. The van der Waals surface area contributed by atoms with E-state index < -0.39 is 0 Å². The van der Waals surface area contributed by atoms with Gasteiger partial charge in [0, 0.05) is 19.6 Å². The number of nitrogens with one attached hydrogen (secondary N) is 2. The summed E-state index contributed by atoms with van der Waals surface area (Å²) in [7, 11) is 0. The molecule has 23 heavy (non-hydrogen) atoms. The molecule has 0 radical (unpaired) electrons. The first-order valence-electron chi connectivity index (χ1n) is 10.2. The predicted molar refractivity (Wildman–Crippen MR) is 100 cm³/mol. The molecule has 4 heteroatoms.